The molecular weight excluding hydrogens is 360 g/mol. The van der Waals surface area contributed by atoms with Crippen molar-refractivity contribution in [3.05, 3.63) is 76.2 Å². The number of aromatic hydroxyl groups is 2. The molecule has 0 atom stereocenters. The molecule has 0 saturated heterocycles. The van der Waals surface area contributed by atoms with Crippen molar-refractivity contribution in [3.63, 3.8) is 0 Å². The lowest BCUT2D eigenvalue weighted by molar-refractivity contribution is 0.451. The molecule has 3 aromatic rings. The molecule has 4 nitrogen and oxygen atoms in total. The Morgan fingerprint density at radius 1 is 1.04 bits per heavy atom. The number of rotatable bonds is 2. The normalized spacial score (nSPS) is 13.8. The van der Waals surface area contributed by atoms with Crippen molar-refractivity contribution in [2.75, 3.05) is 0 Å². The Kier molecular flexibility index (Phi) is 4.16. The van der Waals surface area contributed by atoms with Crippen molar-refractivity contribution in [1.82, 2.24) is 0 Å². The standard InChI is InChI=1S/C22H16O4S/c1-12-6-7-18-17(8-12)20(13-9-14(23)11-15(24)10-13)21(22(25)26-18)16-4-2-3-5-19(16)27/h2-4,6-11,23-24H,5H2,1H3. The zero-order valence-electron chi connectivity index (χ0n) is 14.5. The van der Waals surface area contributed by atoms with E-state index in [0.717, 1.165) is 5.56 Å². The maximum Gasteiger partial charge on any atom is 0.344 e. The molecule has 0 unspecified atom stereocenters. The van der Waals surface area contributed by atoms with Crippen LogP contribution in [0.1, 0.15) is 17.5 Å². The fourth-order valence-corrected chi connectivity index (χ4v) is 3.63. The molecule has 2 aromatic carbocycles. The first-order valence-corrected chi connectivity index (χ1v) is 8.86. The van der Waals surface area contributed by atoms with Gasteiger partial charge in [0, 0.05) is 33.9 Å². The van der Waals surface area contributed by atoms with E-state index in [-0.39, 0.29) is 11.5 Å². The van der Waals surface area contributed by atoms with Crippen LogP contribution in [0.3, 0.4) is 0 Å². The Bertz CT molecular complexity index is 1190. The number of phenolic OH excluding ortho intramolecular Hbond substituents is 2. The van der Waals surface area contributed by atoms with Gasteiger partial charge < -0.3 is 14.6 Å². The molecule has 0 spiro atoms. The van der Waals surface area contributed by atoms with Crippen LogP contribution < -0.4 is 5.63 Å². The minimum atomic E-state index is -0.506. The third-order valence-electron chi connectivity index (χ3n) is 4.52. The van der Waals surface area contributed by atoms with Crippen molar-refractivity contribution < 1.29 is 14.6 Å². The summed E-state index contributed by atoms with van der Waals surface area (Å²) in [5.41, 5.74) is 2.99. The number of aryl methyl sites for hydroxylation is 1. The van der Waals surface area contributed by atoms with Crippen LogP contribution in [-0.4, -0.2) is 15.1 Å². The smallest absolute Gasteiger partial charge is 0.344 e. The highest BCUT2D eigenvalue weighted by molar-refractivity contribution is 7.81. The van der Waals surface area contributed by atoms with Gasteiger partial charge in [-0.05, 0) is 36.8 Å². The van der Waals surface area contributed by atoms with E-state index in [2.05, 4.69) is 0 Å². The second kappa shape index (κ2) is 6.52. The average molecular weight is 376 g/mol. The van der Waals surface area contributed by atoms with Gasteiger partial charge in [-0.2, -0.15) is 0 Å². The number of hydrogen-bond donors (Lipinski definition) is 2. The molecule has 0 radical (unpaired) electrons. The predicted molar refractivity (Wildman–Crippen MR) is 110 cm³/mol. The lowest BCUT2D eigenvalue weighted by Gasteiger charge is -2.17. The second-order valence-electron chi connectivity index (χ2n) is 6.51. The van der Waals surface area contributed by atoms with Gasteiger partial charge in [-0.25, -0.2) is 4.79 Å². The molecule has 27 heavy (non-hydrogen) atoms. The lowest BCUT2D eigenvalue weighted by Crippen LogP contribution is -2.14. The Morgan fingerprint density at radius 3 is 2.48 bits per heavy atom. The Hall–Kier alpha value is -3.18. The first kappa shape index (κ1) is 17.2. The van der Waals surface area contributed by atoms with Crippen LogP contribution in [0.15, 0.2) is 63.8 Å². The number of fused-ring (bicyclic) bond motifs is 1. The third kappa shape index (κ3) is 3.06. The number of benzene rings is 2. The van der Waals surface area contributed by atoms with Crippen molar-refractivity contribution in [3.8, 4) is 22.6 Å². The van der Waals surface area contributed by atoms with Gasteiger partial charge in [-0.1, -0.05) is 42.1 Å². The molecule has 0 aliphatic heterocycles. The first-order valence-electron chi connectivity index (χ1n) is 8.45. The molecular formula is C22H16O4S. The highest BCUT2D eigenvalue weighted by Gasteiger charge is 2.23. The fraction of sp³-hybridized carbons (Fsp3) is 0.0909. The van der Waals surface area contributed by atoms with Crippen LogP contribution in [0, 0.1) is 6.92 Å². The molecule has 1 aliphatic rings. The first-order chi connectivity index (χ1) is 12.9. The van der Waals surface area contributed by atoms with Crippen LogP contribution in [0.25, 0.3) is 27.7 Å². The number of allylic oxidation sites excluding steroid dienone is 4. The minimum absolute atomic E-state index is 0.0925. The van der Waals surface area contributed by atoms with Crippen LogP contribution in [0.5, 0.6) is 11.5 Å². The molecule has 0 saturated carbocycles. The van der Waals surface area contributed by atoms with Crippen molar-refractivity contribution in [1.29, 1.82) is 0 Å². The minimum Gasteiger partial charge on any atom is -0.508 e. The maximum absolute atomic E-state index is 12.9. The Labute approximate surface area is 160 Å². The van der Waals surface area contributed by atoms with Gasteiger partial charge in [0.2, 0.25) is 0 Å². The van der Waals surface area contributed by atoms with E-state index >= 15 is 0 Å². The highest BCUT2D eigenvalue weighted by Crippen LogP contribution is 2.38. The van der Waals surface area contributed by atoms with Gasteiger partial charge in [-0.3, -0.25) is 0 Å². The summed E-state index contributed by atoms with van der Waals surface area (Å²) in [5.74, 6) is -0.185. The molecule has 1 aromatic heterocycles. The van der Waals surface area contributed by atoms with E-state index in [9.17, 15) is 15.0 Å². The average Bonchev–Trinajstić information content (AvgIpc) is 2.61. The summed E-state index contributed by atoms with van der Waals surface area (Å²) in [7, 11) is 0. The number of phenols is 2. The summed E-state index contributed by atoms with van der Waals surface area (Å²) >= 11 is 5.48. The fourth-order valence-electron chi connectivity index (χ4n) is 3.36. The number of thiocarbonyl (C=S) groups is 1. The zero-order valence-corrected chi connectivity index (χ0v) is 15.3. The molecule has 1 heterocycles. The summed E-state index contributed by atoms with van der Waals surface area (Å²) in [6, 6.07) is 9.80. The van der Waals surface area contributed by atoms with Crippen molar-refractivity contribution in [2.24, 2.45) is 0 Å². The monoisotopic (exact) mass is 376 g/mol. The topological polar surface area (TPSA) is 70.7 Å². The van der Waals surface area contributed by atoms with Gasteiger partial charge in [0.1, 0.15) is 17.1 Å². The summed E-state index contributed by atoms with van der Waals surface area (Å²) < 4.78 is 5.57. The van der Waals surface area contributed by atoms with Crippen LogP contribution in [0.2, 0.25) is 0 Å². The Balaban J connectivity index is 2.18. The van der Waals surface area contributed by atoms with E-state index in [1.165, 1.54) is 18.2 Å². The van der Waals surface area contributed by atoms with Crippen LogP contribution >= 0.6 is 12.2 Å². The molecule has 4 rings (SSSR count). The molecule has 0 fully saturated rings. The largest absolute Gasteiger partial charge is 0.508 e. The van der Waals surface area contributed by atoms with Gasteiger partial charge in [0.15, 0.2) is 0 Å². The second-order valence-corrected chi connectivity index (χ2v) is 7.01. The van der Waals surface area contributed by atoms with Crippen molar-refractivity contribution >= 4 is 33.6 Å². The molecule has 1 aliphatic carbocycles. The third-order valence-corrected chi connectivity index (χ3v) is 4.91. The molecule has 2 N–H and O–H groups in total. The van der Waals surface area contributed by atoms with Gasteiger partial charge in [0.25, 0.3) is 0 Å². The highest BCUT2D eigenvalue weighted by atomic mass is 32.1. The van der Waals surface area contributed by atoms with Gasteiger partial charge in [0.05, 0.1) is 5.56 Å². The van der Waals surface area contributed by atoms with Gasteiger partial charge >= 0.3 is 5.63 Å². The SMILES string of the molecule is Cc1ccc2oc(=O)c(C3=CC=CCC3=S)c(-c3cc(O)cc(O)c3)c2c1. The molecule has 0 bridgehead atoms. The van der Waals surface area contributed by atoms with E-state index in [4.69, 9.17) is 16.6 Å². The van der Waals surface area contributed by atoms with E-state index in [0.29, 0.717) is 44.5 Å². The zero-order chi connectivity index (χ0) is 19.1. The molecule has 0 amide bonds. The van der Waals surface area contributed by atoms with E-state index in [1.54, 1.807) is 12.1 Å². The summed E-state index contributed by atoms with van der Waals surface area (Å²) in [6.07, 6.45) is 6.15. The Morgan fingerprint density at radius 2 is 1.78 bits per heavy atom. The quantitative estimate of drug-likeness (QED) is 0.492. The maximum atomic E-state index is 12.9. The molecule has 5 heteroatoms. The van der Waals surface area contributed by atoms with Crippen LogP contribution in [0.4, 0.5) is 0 Å². The predicted octanol–water partition coefficient (Wildman–Crippen LogP) is 4.89. The summed E-state index contributed by atoms with van der Waals surface area (Å²) in [5, 5.41) is 20.7. The lowest BCUT2D eigenvalue weighted by atomic mass is 9.89. The van der Waals surface area contributed by atoms with Crippen molar-refractivity contribution in [2.45, 2.75) is 13.3 Å². The summed E-state index contributed by atoms with van der Waals surface area (Å²) in [6.45, 7) is 1.95. The van der Waals surface area contributed by atoms with E-state index < -0.39 is 5.63 Å². The number of hydrogen-bond acceptors (Lipinski definition) is 5. The van der Waals surface area contributed by atoms with Crippen LogP contribution in [-0.2, 0) is 0 Å². The summed E-state index contributed by atoms with van der Waals surface area (Å²) in [4.78, 5) is 13.6. The molecule has 134 valence electrons. The van der Waals surface area contributed by atoms with E-state index in [1.807, 2.05) is 31.2 Å². The van der Waals surface area contributed by atoms with Gasteiger partial charge in [-0.15, -0.1) is 0 Å².